The number of esters is 2. The van der Waals surface area contributed by atoms with E-state index in [1.165, 1.54) is 79.9 Å². The molecule has 0 fully saturated rings. The zero-order valence-corrected chi connectivity index (χ0v) is 19.5. The third-order valence-electron chi connectivity index (χ3n) is 4.92. The normalized spacial score (nSPS) is 11.8. The van der Waals surface area contributed by atoms with Crippen LogP contribution in [0, 0.1) is 0 Å². The van der Waals surface area contributed by atoms with E-state index in [9.17, 15) is 29.1 Å². The fourth-order valence-corrected chi connectivity index (χ4v) is 3.01. The van der Waals surface area contributed by atoms with Gasteiger partial charge >= 0.3 is 17.9 Å². The predicted octanol–water partition coefficient (Wildman–Crippen LogP) is 1.99. The van der Waals surface area contributed by atoms with Crippen molar-refractivity contribution in [1.82, 2.24) is 10.9 Å². The first-order valence-electron chi connectivity index (χ1n) is 10.8. The second-order valence-electron chi connectivity index (χ2n) is 7.39. The number of rotatable bonds is 9. The molecule has 0 bridgehead atoms. The Morgan fingerprint density at radius 3 is 1.59 bits per heavy atom. The largest absolute Gasteiger partial charge is 0.497 e. The zero-order chi connectivity index (χ0) is 26.8. The molecular weight excluding hydrogens is 484 g/mol. The summed E-state index contributed by atoms with van der Waals surface area (Å²) in [6, 6.07) is 20.8. The predicted molar refractivity (Wildman–Crippen MR) is 128 cm³/mol. The van der Waals surface area contributed by atoms with Gasteiger partial charge in [0, 0.05) is 5.56 Å². The fourth-order valence-electron chi connectivity index (χ4n) is 3.01. The topological polar surface area (TPSA) is 157 Å². The summed E-state index contributed by atoms with van der Waals surface area (Å²) in [5.74, 6) is -5.38. The molecule has 11 heteroatoms. The van der Waals surface area contributed by atoms with E-state index in [1.807, 2.05) is 5.43 Å². The van der Waals surface area contributed by atoms with E-state index < -0.39 is 41.9 Å². The molecule has 2 atom stereocenters. The van der Waals surface area contributed by atoms with Crippen LogP contribution in [0.1, 0.15) is 31.1 Å². The smallest absolute Gasteiger partial charge is 0.349 e. The molecule has 2 amide bonds. The minimum Gasteiger partial charge on any atom is -0.497 e. The number of carboxylic acid groups (broad SMARTS) is 1. The lowest BCUT2D eigenvalue weighted by atomic mass is 10.1. The maximum Gasteiger partial charge on any atom is 0.349 e. The van der Waals surface area contributed by atoms with Crippen LogP contribution in [0.15, 0.2) is 84.9 Å². The molecule has 0 saturated heterocycles. The van der Waals surface area contributed by atoms with Crippen LogP contribution in [0.3, 0.4) is 0 Å². The van der Waals surface area contributed by atoms with Crippen molar-refractivity contribution >= 4 is 29.7 Å². The number of amides is 2. The van der Waals surface area contributed by atoms with Gasteiger partial charge in [-0.05, 0) is 48.5 Å². The van der Waals surface area contributed by atoms with Gasteiger partial charge in [0.05, 0.1) is 18.2 Å². The lowest BCUT2D eigenvalue weighted by Gasteiger charge is -2.23. The maximum atomic E-state index is 12.9. The van der Waals surface area contributed by atoms with Gasteiger partial charge in [-0.25, -0.2) is 14.4 Å². The molecule has 0 radical (unpaired) electrons. The molecule has 0 aliphatic heterocycles. The number of hydrogen-bond donors (Lipinski definition) is 3. The standard InChI is InChI=1S/C26H22N2O9/c1-35-19-14-12-16(13-15-19)22(29)27-28-23(30)20(36-25(33)17-8-4-2-5-9-17)21(24(31)32)37-26(34)18-10-6-3-7-11-18/h2-15,20-21H,1H3,(H,27,29)(H,28,30)(H,31,32)/t20-,21-/m0/s1. The number of carbonyl (C=O) groups excluding carboxylic acids is 4. The molecule has 0 aliphatic carbocycles. The lowest BCUT2D eigenvalue weighted by Crippen LogP contribution is -2.54. The van der Waals surface area contributed by atoms with Gasteiger partial charge in [-0.1, -0.05) is 36.4 Å². The highest BCUT2D eigenvalue weighted by atomic mass is 16.6. The summed E-state index contributed by atoms with van der Waals surface area (Å²) in [5, 5.41) is 9.73. The number of carbonyl (C=O) groups is 5. The van der Waals surface area contributed by atoms with Gasteiger partial charge in [-0.15, -0.1) is 0 Å². The van der Waals surface area contributed by atoms with Gasteiger partial charge in [-0.2, -0.15) is 0 Å². The van der Waals surface area contributed by atoms with E-state index in [1.54, 1.807) is 12.1 Å². The minimum atomic E-state index is -2.24. The summed E-state index contributed by atoms with van der Waals surface area (Å²) in [4.78, 5) is 62.5. The Hall–Kier alpha value is -5.19. The molecule has 190 valence electrons. The van der Waals surface area contributed by atoms with Crippen molar-refractivity contribution in [3.05, 3.63) is 102 Å². The van der Waals surface area contributed by atoms with Gasteiger partial charge in [0.25, 0.3) is 11.8 Å². The molecule has 0 spiro atoms. The van der Waals surface area contributed by atoms with E-state index in [0.717, 1.165) is 0 Å². The van der Waals surface area contributed by atoms with Crippen LogP contribution in [0.2, 0.25) is 0 Å². The lowest BCUT2D eigenvalue weighted by molar-refractivity contribution is -0.159. The highest BCUT2D eigenvalue weighted by Gasteiger charge is 2.41. The van der Waals surface area contributed by atoms with E-state index in [0.29, 0.717) is 5.75 Å². The Kier molecular flexibility index (Phi) is 8.92. The second kappa shape index (κ2) is 12.5. The Morgan fingerprint density at radius 1 is 0.649 bits per heavy atom. The summed E-state index contributed by atoms with van der Waals surface area (Å²) in [5.41, 5.74) is 4.28. The number of methoxy groups -OCH3 is 1. The second-order valence-corrected chi connectivity index (χ2v) is 7.39. The van der Waals surface area contributed by atoms with Gasteiger partial charge in [0.1, 0.15) is 5.75 Å². The van der Waals surface area contributed by atoms with Gasteiger partial charge in [0.15, 0.2) is 0 Å². The molecule has 3 aromatic rings. The quantitative estimate of drug-likeness (QED) is 0.292. The van der Waals surface area contributed by atoms with E-state index in [4.69, 9.17) is 14.2 Å². The average molecular weight is 506 g/mol. The summed E-state index contributed by atoms with van der Waals surface area (Å²) in [7, 11) is 1.45. The molecule has 0 heterocycles. The van der Waals surface area contributed by atoms with Crippen molar-refractivity contribution in [3.63, 3.8) is 0 Å². The molecule has 0 unspecified atom stereocenters. The van der Waals surface area contributed by atoms with Crippen molar-refractivity contribution in [1.29, 1.82) is 0 Å². The Bertz CT molecular complexity index is 1260. The number of aliphatic carboxylic acids is 1. The molecule has 11 nitrogen and oxygen atoms in total. The van der Waals surface area contributed by atoms with Crippen LogP contribution in [0.25, 0.3) is 0 Å². The Morgan fingerprint density at radius 2 is 1.14 bits per heavy atom. The summed E-state index contributed by atoms with van der Waals surface area (Å²) in [6.45, 7) is 0. The first kappa shape index (κ1) is 26.4. The minimum absolute atomic E-state index is 0.00935. The SMILES string of the molecule is COc1ccc(C(=O)NNC(=O)[C@@H](OC(=O)c2ccccc2)[C@H](OC(=O)c2ccccc2)C(=O)O)cc1. The monoisotopic (exact) mass is 506 g/mol. The van der Waals surface area contributed by atoms with Gasteiger partial charge < -0.3 is 19.3 Å². The van der Waals surface area contributed by atoms with Gasteiger partial charge in [-0.3, -0.25) is 20.4 Å². The van der Waals surface area contributed by atoms with Crippen molar-refractivity contribution in [2.75, 3.05) is 7.11 Å². The van der Waals surface area contributed by atoms with E-state index >= 15 is 0 Å². The number of ether oxygens (including phenoxy) is 3. The van der Waals surface area contributed by atoms with Crippen LogP contribution < -0.4 is 15.6 Å². The van der Waals surface area contributed by atoms with Gasteiger partial charge in [0.2, 0.25) is 12.2 Å². The van der Waals surface area contributed by atoms with E-state index in [-0.39, 0.29) is 16.7 Å². The zero-order valence-electron chi connectivity index (χ0n) is 19.5. The highest BCUT2D eigenvalue weighted by Crippen LogP contribution is 2.14. The maximum absolute atomic E-state index is 12.9. The number of hydrazine groups is 1. The molecule has 0 aliphatic rings. The summed E-state index contributed by atoms with van der Waals surface area (Å²) in [6.07, 6.45) is -4.40. The molecule has 3 aromatic carbocycles. The van der Waals surface area contributed by atoms with Crippen molar-refractivity contribution < 1.29 is 43.3 Å². The first-order valence-corrected chi connectivity index (χ1v) is 10.8. The van der Waals surface area contributed by atoms with Crippen LogP contribution in [0.5, 0.6) is 5.75 Å². The third kappa shape index (κ3) is 7.15. The molecule has 37 heavy (non-hydrogen) atoms. The van der Waals surface area contributed by atoms with Crippen molar-refractivity contribution in [2.45, 2.75) is 12.2 Å². The molecular formula is C26H22N2O9. The third-order valence-corrected chi connectivity index (χ3v) is 4.92. The molecule has 3 rings (SSSR count). The molecule has 0 saturated carbocycles. The first-order chi connectivity index (χ1) is 17.8. The van der Waals surface area contributed by atoms with Crippen LogP contribution in [0.4, 0.5) is 0 Å². The van der Waals surface area contributed by atoms with Crippen molar-refractivity contribution in [3.8, 4) is 5.75 Å². The highest BCUT2D eigenvalue weighted by molar-refractivity contribution is 5.99. The van der Waals surface area contributed by atoms with Crippen molar-refractivity contribution in [2.24, 2.45) is 0 Å². The average Bonchev–Trinajstić information content (AvgIpc) is 2.94. The number of nitrogens with one attached hydrogen (secondary N) is 2. The molecule has 0 aromatic heterocycles. The fraction of sp³-hybridized carbons (Fsp3) is 0.115. The van der Waals surface area contributed by atoms with E-state index in [2.05, 4.69) is 5.43 Å². The van der Waals surface area contributed by atoms with Crippen LogP contribution >= 0.6 is 0 Å². The summed E-state index contributed by atoms with van der Waals surface area (Å²) >= 11 is 0. The molecule has 3 N–H and O–H groups in total. The van der Waals surface area contributed by atoms with Crippen LogP contribution in [-0.4, -0.2) is 54.1 Å². The Labute approximate surface area is 210 Å². The number of carboxylic acids is 1. The summed E-state index contributed by atoms with van der Waals surface area (Å²) < 4.78 is 15.2. The number of hydrogen-bond acceptors (Lipinski definition) is 8. The Balaban J connectivity index is 1.81. The van der Waals surface area contributed by atoms with Crippen LogP contribution in [-0.2, 0) is 19.1 Å². The number of benzene rings is 3.